The molecule has 1 fully saturated rings. The van der Waals surface area contributed by atoms with Crippen LogP contribution < -0.4 is 10.6 Å². The highest BCUT2D eigenvalue weighted by molar-refractivity contribution is 6.03. The summed E-state index contributed by atoms with van der Waals surface area (Å²) < 4.78 is 26.4. The van der Waals surface area contributed by atoms with Gasteiger partial charge in [0.1, 0.15) is 11.6 Å². The Hall–Kier alpha value is -2.64. The van der Waals surface area contributed by atoms with Gasteiger partial charge in [-0.1, -0.05) is 6.08 Å². The number of likely N-dealkylation sites (N-methyl/N-ethyl adjacent to an activating group) is 1. The minimum atomic E-state index is -0.593. The number of rotatable bonds is 3. The predicted molar refractivity (Wildman–Crippen MR) is 96.9 cm³/mol. The fraction of sp³-hybridized carbons (Fsp3) is 0.444. The molecule has 0 aliphatic carbocycles. The third-order valence-electron chi connectivity index (χ3n) is 4.52. The lowest BCUT2D eigenvalue weighted by molar-refractivity contribution is 0.177. The van der Waals surface area contributed by atoms with Crippen LogP contribution in [0.2, 0.25) is 0 Å². The zero-order valence-corrected chi connectivity index (χ0v) is 14.7. The van der Waals surface area contributed by atoms with Gasteiger partial charge in [-0.05, 0) is 37.0 Å². The molecule has 0 saturated carbocycles. The number of halogens is 2. The van der Waals surface area contributed by atoms with Crippen LogP contribution >= 0.6 is 0 Å². The van der Waals surface area contributed by atoms with Gasteiger partial charge in [0.05, 0.1) is 6.54 Å². The molecule has 0 atom stereocenters. The molecule has 0 aromatic heterocycles. The number of carbonyl (C=O) groups excluding carboxylic acids is 1. The van der Waals surface area contributed by atoms with E-state index < -0.39 is 11.6 Å². The Morgan fingerprint density at radius 3 is 2.58 bits per heavy atom. The van der Waals surface area contributed by atoms with Crippen molar-refractivity contribution in [1.82, 2.24) is 15.2 Å². The van der Waals surface area contributed by atoms with Crippen LogP contribution in [0.15, 0.2) is 35.5 Å². The first-order chi connectivity index (χ1) is 12.5. The van der Waals surface area contributed by atoms with Gasteiger partial charge in [-0.15, -0.1) is 0 Å². The van der Waals surface area contributed by atoms with Gasteiger partial charge in [0, 0.05) is 38.4 Å². The third-order valence-corrected chi connectivity index (χ3v) is 4.52. The zero-order chi connectivity index (χ0) is 18.5. The van der Waals surface area contributed by atoms with Crippen LogP contribution in [0.3, 0.4) is 0 Å². The molecule has 1 aromatic carbocycles. The summed E-state index contributed by atoms with van der Waals surface area (Å²) in [7, 11) is 1.85. The van der Waals surface area contributed by atoms with E-state index >= 15 is 0 Å². The molecule has 0 radical (unpaired) electrons. The van der Waals surface area contributed by atoms with Gasteiger partial charge < -0.3 is 10.2 Å². The number of carbonyl (C=O) groups is 1. The van der Waals surface area contributed by atoms with Crippen LogP contribution in [0, 0.1) is 17.6 Å². The fourth-order valence-corrected chi connectivity index (χ4v) is 3.09. The Kier molecular flexibility index (Phi) is 5.70. The van der Waals surface area contributed by atoms with E-state index in [0.29, 0.717) is 37.1 Å². The van der Waals surface area contributed by atoms with Crippen LogP contribution in [0.5, 0.6) is 0 Å². The van der Waals surface area contributed by atoms with E-state index in [9.17, 15) is 13.6 Å². The molecule has 0 spiro atoms. The number of amides is 2. The van der Waals surface area contributed by atoms with E-state index in [1.54, 1.807) is 16.0 Å². The smallest absolute Gasteiger partial charge is 0.323 e. The number of urea groups is 1. The Labute approximate surface area is 151 Å². The number of hydrogen-bond acceptors (Lipinski definition) is 4. The molecule has 2 amide bonds. The van der Waals surface area contributed by atoms with Crippen molar-refractivity contribution >= 4 is 17.6 Å². The first-order valence-corrected chi connectivity index (χ1v) is 8.72. The number of likely N-dealkylation sites (tertiary alicyclic amines) is 1. The van der Waals surface area contributed by atoms with Crippen molar-refractivity contribution in [2.45, 2.75) is 12.8 Å². The monoisotopic (exact) mass is 363 g/mol. The van der Waals surface area contributed by atoms with Crippen molar-refractivity contribution in [3.8, 4) is 0 Å². The van der Waals surface area contributed by atoms with Crippen LogP contribution in [-0.2, 0) is 0 Å². The Morgan fingerprint density at radius 1 is 1.23 bits per heavy atom. The molecule has 0 unspecified atom stereocenters. The number of benzene rings is 1. The minimum absolute atomic E-state index is 0.151. The molecule has 2 heterocycles. The molecule has 6 nitrogen and oxygen atoms in total. The first kappa shape index (κ1) is 18.2. The maximum absolute atomic E-state index is 13.2. The number of piperidine rings is 1. The fourth-order valence-electron chi connectivity index (χ4n) is 3.09. The van der Waals surface area contributed by atoms with E-state index in [0.717, 1.165) is 25.5 Å². The number of anilines is 1. The Balaban J connectivity index is 1.43. The van der Waals surface area contributed by atoms with Gasteiger partial charge in [-0.25, -0.2) is 13.6 Å². The van der Waals surface area contributed by atoms with Gasteiger partial charge in [0.15, 0.2) is 5.84 Å². The van der Waals surface area contributed by atoms with Crippen molar-refractivity contribution in [1.29, 1.82) is 0 Å². The summed E-state index contributed by atoms with van der Waals surface area (Å²) in [5.74, 6) is -0.294. The molecule has 1 aromatic rings. The Bertz CT molecular complexity index is 693. The highest BCUT2D eigenvalue weighted by Gasteiger charge is 2.23. The van der Waals surface area contributed by atoms with Gasteiger partial charge >= 0.3 is 6.03 Å². The van der Waals surface area contributed by atoms with Crippen LogP contribution in [0.25, 0.3) is 0 Å². The number of hydrazone groups is 1. The summed E-state index contributed by atoms with van der Waals surface area (Å²) in [4.78, 5) is 14.1. The van der Waals surface area contributed by atoms with Crippen LogP contribution in [0.4, 0.5) is 19.3 Å². The van der Waals surface area contributed by atoms with E-state index in [4.69, 9.17) is 0 Å². The summed E-state index contributed by atoms with van der Waals surface area (Å²) in [6.07, 6.45) is 5.41. The summed E-state index contributed by atoms with van der Waals surface area (Å²) in [5, 5.41) is 11.9. The lowest BCUT2D eigenvalue weighted by Gasteiger charge is -2.32. The van der Waals surface area contributed by atoms with Crippen molar-refractivity contribution in [3.05, 3.63) is 42.0 Å². The molecular formula is C18H23F2N5O. The standard InChI is InChI=1S/C18H23F2N5O/c1-24-6-2-3-17(23-24)22-18(26)25-7-4-13(5-8-25)12-21-16-10-14(19)9-15(20)11-16/h2-3,9-11,13,21H,4-8,12H2,1H3,(H,22,23,26). The number of hydrogen-bond donors (Lipinski definition) is 2. The number of nitrogens with zero attached hydrogens (tertiary/aromatic N) is 3. The maximum Gasteiger partial charge on any atom is 0.323 e. The topological polar surface area (TPSA) is 60.0 Å². The number of nitrogens with one attached hydrogen (secondary N) is 2. The predicted octanol–water partition coefficient (Wildman–Crippen LogP) is 2.61. The largest absolute Gasteiger partial charge is 0.385 e. The van der Waals surface area contributed by atoms with Crippen molar-refractivity contribution in [3.63, 3.8) is 0 Å². The van der Waals surface area contributed by atoms with Crippen molar-refractivity contribution in [2.24, 2.45) is 11.0 Å². The van der Waals surface area contributed by atoms with Gasteiger partial charge in [-0.3, -0.25) is 10.3 Å². The van der Waals surface area contributed by atoms with E-state index in [1.807, 2.05) is 13.1 Å². The van der Waals surface area contributed by atoms with E-state index in [2.05, 4.69) is 15.7 Å². The first-order valence-electron chi connectivity index (χ1n) is 8.72. The average Bonchev–Trinajstić information content (AvgIpc) is 2.59. The van der Waals surface area contributed by atoms with Gasteiger partial charge in [0.2, 0.25) is 0 Å². The SMILES string of the molecule is CN1CC=CC(NC(=O)N2CCC(CNc3cc(F)cc(F)c3)CC2)=N1. The van der Waals surface area contributed by atoms with Crippen molar-refractivity contribution in [2.75, 3.05) is 38.5 Å². The summed E-state index contributed by atoms with van der Waals surface area (Å²) in [6, 6.07) is 3.26. The van der Waals surface area contributed by atoms with E-state index in [1.165, 1.54) is 12.1 Å². The molecular weight excluding hydrogens is 340 g/mol. The quantitative estimate of drug-likeness (QED) is 0.868. The van der Waals surface area contributed by atoms with E-state index in [-0.39, 0.29) is 6.03 Å². The highest BCUT2D eigenvalue weighted by Crippen LogP contribution is 2.19. The molecule has 8 heteroatoms. The Morgan fingerprint density at radius 2 is 1.92 bits per heavy atom. The highest BCUT2D eigenvalue weighted by atomic mass is 19.1. The summed E-state index contributed by atoms with van der Waals surface area (Å²) in [5.41, 5.74) is 0.439. The minimum Gasteiger partial charge on any atom is -0.385 e. The molecule has 2 aliphatic rings. The van der Waals surface area contributed by atoms with Gasteiger partial charge in [-0.2, -0.15) is 5.10 Å². The third kappa shape index (κ3) is 4.93. The lowest BCUT2D eigenvalue weighted by atomic mass is 9.97. The second kappa shape index (κ2) is 8.16. The molecule has 26 heavy (non-hydrogen) atoms. The average molecular weight is 363 g/mol. The second-order valence-electron chi connectivity index (χ2n) is 6.63. The van der Waals surface area contributed by atoms with Crippen LogP contribution in [-0.4, -0.2) is 55.0 Å². The summed E-state index contributed by atoms with van der Waals surface area (Å²) in [6.45, 7) is 2.64. The normalized spacial score (nSPS) is 17.9. The maximum atomic E-state index is 13.2. The number of amidine groups is 1. The molecule has 3 rings (SSSR count). The van der Waals surface area contributed by atoms with Crippen LogP contribution in [0.1, 0.15) is 12.8 Å². The molecule has 0 bridgehead atoms. The lowest BCUT2D eigenvalue weighted by Crippen LogP contribution is -2.47. The second-order valence-corrected chi connectivity index (χ2v) is 6.63. The zero-order valence-electron chi connectivity index (χ0n) is 14.7. The molecule has 140 valence electrons. The van der Waals surface area contributed by atoms with Gasteiger partial charge in [0.25, 0.3) is 0 Å². The molecule has 1 saturated heterocycles. The molecule has 2 N–H and O–H groups in total. The van der Waals surface area contributed by atoms with Crippen molar-refractivity contribution < 1.29 is 13.6 Å². The summed E-state index contributed by atoms with van der Waals surface area (Å²) >= 11 is 0. The molecule has 2 aliphatic heterocycles.